The highest BCUT2D eigenvalue weighted by Crippen LogP contribution is 2.42. The number of nitrogens with zero attached hydrogens (tertiary/aromatic N) is 1. The van der Waals surface area contributed by atoms with E-state index in [9.17, 15) is 0 Å². The van der Waals surface area contributed by atoms with E-state index in [0.717, 1.165) is 0 Å². The summed E-state index contributed by atoms with van der Waals surface area (Å²) in [5, 5.41) is 0. The Morgan fingerprint density at radius 1 is 0.429 bits per heavy atom. The summed E-state index contributed by atoms with van der Waals surface area (Å²) in [5.41, 5.74) is 9.63. The highest BCUT2D eigenvalue weighted by Gasteiger charge is 2.26. The van der Waals surface area contributed by atoms with Crippen LogP contribution in [0, 0.1) is 0 Å². The van der Waals surface area contributed by atoms with E-state index in [4.69, 9.17) is 0 Å². The Balaban J connectivity index is 1.64. The predicted molar refractivity (Wildman–Crippen MR) is 151 cm³/mol. The summed E-state index contributed by atoms with van der Waals surface area (Å²) in [6, 6.07) is 47.7. The number of rotatable bonds is 5. The molecule has 0 aliphatic rings. The van der Waals surface area contributed by atoms with Crippen molar-refractivity contribution in [3.8, 4) is 33.4 Å². The second-order valence-electron chi connectivity index (χ2n) is 9.88. The van der Waals surface area contributed by atoms with E-state index in [1.165, 1.54) is 44.8 Å². The van der Waals surface area contributed by atoms with Crippen LogP contribution in [0.1, 0.15) is 20.8 Å². The summed E-state index contributed by atoms with van der Waals surface area (Å²) in [7, 11) is 0. The van der Waals surface area contributed by atoms with Gasteiger partial charge in [-0.1, -0.05) is 109 Å². The highest BCUT2D eigenvalue weighted by atomic mass is 15.2. The van der Waals surface area contributed by atoms with Gasteiger partial charge in [-0.25, -0.2) is 0 Å². The Morgan fingerprint density at radius 3 is 1.37 bits per heavy atom. The first kappa shape index (κ1) is 22.7. The predicted octanol–water partition coefficient (Wildman–Crippen LogP) is 9.62. The van der Waals surface area contributed by atoms with Crippen LogP contribution in [0.5, 0.6) is 0 Å². The normalized spacial score (nSPS) is 11.3. The summed E-state index contributed by atoms with van der Waals surface area (Å²) in [5.74, 6) is 0. The minimum atomic E-state index is -0.119. The first-order valence-corrected chi connectivity index (χ1v) is 12.2. The van der Waals surface area contributed by atoms with Crippen molar-refractivity contribution in [3.63, 3.8) is 0 Å². The largest absolute Gasteiger partial charge is 0.336 e. The Labute approximate surface area is 209 Å². The van der Waals surface area contributed by atoms with Crippen LogP contribution in [-0.4, -0.2) is 5.54 Å². The minimum Gasteiger partial charge on any atom is -0.336 e. The molecule has 1 nitrogen and oxygen atoms in total. The molecule has 0 unspecified atom stereocenters. The molecular weight excluding hydrogens is 422 g/mol. The maximum atomic E-state index is 2.46. The third-order valence-electron chi connectivity index (χ3n) is 6.33. The van der Waals surface area contributed by atoms with Crippen molar-refractivity contribution in [2.45, 2.75) is 26.3 Å². The monoisotopic (exact) mass is 453 g/mol. The zero-order chi connectivity index (χ0) is 24.3. The van der Waals surface area contributed by atoms with Gasteiger partial charge in [-0.05, 0) is 72.9 Å². The van der Waals surface area contributed by atoms with Crippen LogP contribution in [0.15, 0.2) is 133 Å². The molecule has 5 aromatic rings. The van der Waals surface area contributed by atoms with Crippen LogP contribution in [-0.2, 0) is 0 Å². The molecule has 172 valence electrons. The van der Waals surface area contributed by atoms with Crippen molar-refractivity contribution >= 4 is 11.4 Å². The smallest absolute Gasteiger partial charge is 0.0495 e. The summed E-state index contributed by atoms with van der Waals surface area (Å²) in [6.07, 6.45) is 0. The van der Waals surface area contributed by atoms with E-state index in [0.29, 0.717) is 0 Å². The number of benzene rings is 5. The fourth-order valence-corrected chi connectivity index (χ4v) is 4.71. The van der Waals surface area contributed by atoms with Crippen LogP contribution in [0.4, 0.5) is 11.4 Å². The molecule has 1 heteroatoms. The molecule has 0 N–H and O–H groups in total. The molecule has 0 radical (unpaired) electrons. The maximum absolute atomic E-state index is 2.46. The van der Waals surface area contributed by atoms with Gasteiger partial charge in [0.25, 0.3) is 0 Å². The lowest BCUT2D eigenvalue weighted by atomic mass is 9.94. The minimum absolute atomic E-state index is 0.119. The Hall–Kier alpha value is -4.10. The summed E-state index contributed by atoms with van der Waals surface area (Å²) < 4.78 is 0. The first-order valence-electron chi connectivity index (χ1n) is 12.2. The van der Waals surface area contributed by atoms with Gasteiger partial charge in [0.2, 0.25) is 0 Å². The molecule has 0 saturated heterocycles. The lowest BCUT2D eigenvalue weighted by Gasteiger charge is -2.39. The molecule has 0 heterocycles. The van der Waals surface area contributed by atoms with Crippen molar-refractivity contribution < 1.29 is 0 Å². The maximum Gasteiger partial charge on any atom is 0.0495 e. The van der Waals surface area contributed by atoms with Crippen molar-refractivity contribution in [1.82, 2.24) is 0 Å². The Kier molecular flexibility index (Phi) is 6.25. The van der Waals surface area contributed by atoms with E-state index in [1.807, 2.05) is 0 Å². The third-order valence-corrected chi connectivity index (χ3v) is 6.33. The molecule has 0 atom stereocenters. The Morgan fingerprint density at radius 2 is 0.857 bits per heavy atom. The van der Waals surface area contributed by atoms with Gasteiger partial charge in [0.1, 0.15) is 0 Å². The van der Waals surface area contributed by atoms with E-state index >= 15 is 0 Å². The van der Waals surface area contributed by atoms with Gasteiger partial charge in [-0.2, -0.15) is 0 Å². The third kappa shape index (κ3) is 4.90. The fraction of sp³-hybridized carbons (Fsp3) is 0.118. The zero-order valence-electron chi connectivity index (χ0n) is 20.6. The van der Waals surface area contributed by atoms with Crippen molar-refractivity contribution in [2.24, 2.45) is 0 Å². The molecule has 0 saturated carbocycles. The van der Waals surface area contributed by atoms with E-state index in [2.05, 4.69) is 159 Å². The number of hydrogen-bond donors (Lipinski definition) is 0. The van der Waals surface area contributed by atoms with Gasteiger partial charge in [0.15, 0.2) is 0 Å². The summed E-state index contributed by atoms with van der Waals surface area (Å²) in [4.78, 5) is 2.46. The van der Waals surface area contributed by atoms with Gasteiger partial charge >= 0.3 is 0 Å². The van der Waals surface area contributed by atoms with Gasteiger partial charge in [0, 0.05) is 22.5 Å². The SMILES string of the molecule is CC(C)(C)N(c1ccc(-c2ccccc2)cc1)c1ccc(-c2ccccc2)cc1-c1ccccc1. The molecule has 0 aromatic heterocycles. The highest BCUT2D eigenvalue weighted by molar-refractivity contribution is 5.87. The molecule has 0 aliphatic carbocycles. The van der Waals surface area contributed by atoms with Crippen LogP contribution in [0.3, 0.4) is 0 Å². The Bertz CT molecular complexity index is 1380. The van der Waals surface area contributed by atoms with Crippen LogP contribution < -0.4 is 4.90 Å². The molecule has 0 bridgehead atoms. The average molecular weight is 454 g/mol. The van der Waals surface area contributed by atoms with Crippen molar-refractivity contribution in [3.05, 3.63) is 133 Å². The summed E-state index contributed by atoms with van der Waals surface area (Å²) in [6.45, 7) is 6.83. The lowest BCUT2D eigenvalue weighted by molar-refractivity contribution is 0.561. The standard InChI is InChI=1S/C34H31N/c1-34(2,3)35(31-22-19-28(20-23-31)26-13-7-4-8-14-26)33-24-21-30(27-15-9-5-10-16-27)25-32(33)29-17-11-6-12-18-29/h4-25H,1-3H3. The average Bonchev–Trinajstić information content (AvgIpc) is 2.90. The fourth-order valence-electron chi connectivity index (χ4n) is 4.71. The topological polar surface area (TPSA) is 3.24 Å². The number of anilines is 2. The second kappa shape index (κ2) is 9.64. The van der Waals surface area contributed by atoms with Gasteiger partial charge in [-0.15, -0.1) is 0 Å². The number of hydrogen-bond acceptors (Lipinski definition) is 1. The zero-order valence-corrected chi connectivity index (χ0v) is 20.6. The van der Waals surface area contributed by atoms with Gasteiger partial charge in [-0.3, -0.25) is 0 Å². The molecule has 0 amide bonds. The van der Waals surface area contributed by atoms with Crippen molar-refractivity contribution in [2.75, 3.05) is 4.90 Å². The van der Waals surface area contributed by atoms with E-state index < -0.39 is 0 Å². The molecule has 5 aromatic carbocycles. The van der Waals surface area contributed by atoms with Crippen molar-refractivity contribution in [1.29, 1.82) is 0 Å². The molecule has 0 aliphatic heterocycles. The van der Waals surface area contributed by atoms with Gasteiger partial charge < -0.3 is 4.90 Å². The van der Waals surface area contributed by atoms with Gasteiger partial charge in [0.05, 0.1) is 0 Å². The molecule has 35 heavy (non-hydrogen) atoms. The summed E-state index contributed by atoms with van der Waals surface area (Å²) >= 11 is 0. The first-order chi connectivity index (χ1) is 17.0. The molecule has 0 spiro atoms. The second-order valence-corrected chi connectivity index (χ2v) is 9.88. The quantitative estimate of drug-likeness (QED) is 0.256. The van der Waals surface area contributed by atoms with E-state index in [1.54, 1.807) is 0 Å². The molecular formula is C34H31N. The van der Waals surface area contributed by atoms with Crippen LogP contribution >= 0.6 is 0 Å². The molecule has 5 rings (SSSR count). The van der Waals surface area contributed by atoms with E-state index in [-0.39, 0.29) is 5.54 Å². The van der Waals surface area contributed by atoms with Crippen LogP contribution in [0.2, 0.25) is 0 Å². The lowest BCUT2D eigenvalue weighted by Crippen LogP contribution is -2.37. The van der Waals surface area contributed by atoms with Crippen LogP contribution in [0.25, 0.3) is 33.4 Å². The molecule has 0 fully saturated rings.